The zero-order valence-electron chi connectivity index (χ0n) is 15.4. The number of hydrogen-bond donors (Lipinski definition) is 2. The van der Waals surface area contributed by atoms with Crippen molar-refractivity contribution < 1.29 is 18.3 Å². The predicted molar refractivity (Wildman–Crippen MR) is 104 cm³/mol. The lowest BCUT2D eigenvalue weighted by molar-refractivity contribution is 0.102. The summed E-state index contributed by atoms with van der Waals surface area (Å²) in [5.74, 6) is -1.67. The monoisotopic (exact) mass is 383 g/mol. The molecule has 0 radical (unpaired) electrons. The van der Waals surface area contributed by atoms with Gasteiger partial charge in [-0.2, -0.15) is 0 Å². The second-order valence-corrected chi connectivity index (χ2v) is 6.30. The molecule has 5 nitrogen and oxygen atoms in total. The number of nitrogens with zero attached hydrogens (tertiary/aromatic N) is 1. The van der Waals surface area contributed by atoms with Gasteiger partial charge in [-0.05, 0) is 56.3 Å². The van der Waals surface area contributed by atoms with Gasteiger partial charge in [-0.25, -0.2) is 13.8 Å². The minimum atomic E-state index is -1.08. The molecule has 0 atom stereocenters. The molecule has 0 saturated carbocycles. The molecule has 1 amide bonds. The van der Waals surface area contributed by atoms with Gasteiger partial charge in [0.25, 0.3) is 5.91 Å². The van der Waals surface area contributed by atoms with E-state index >= 15 is 0 Å². The van der Waals surface area contributed by atoms with Gasteiger partial charge in [-0.15, -0.1) is 0 Å². The summed E-state index contributed by atoms with van der Waals surface area (Å²) < 4.78 is 32.0. The van der Waals surface area contributed by atoms with E-state index in [0.717, 1.165) is 17.8 Å². The molecule has 0 aliphatic heterocycles. The number of pyridine rings is 1. The molecule has 3 aromatic rings. The Morgan fingerprint density at radius 1 is 1.04 bits per heavy atom. The number of hydrogen-bond acceptors (Lipinski definition) is 4. The largest absolute Gasteiger partial charge is 0.489 e. The summed E-state index contributed by atoms with van der Waals surface area (Å²) in [7, 11) is 0. The molecular formula is C21H19F2N3O2. The van der Waals surface area contributed by atoms with Crippen molar-refractivity contribution in [3.8, 4) is 5.75 Å². The second kappa shape index (κ2) is 8.47. The third-order valence-corrected chi connectivity index (χ3v) is 3.72. The number of amides is 1. The maximum Gasteiger partial charge on any atom is 0.256 e. The van der Waals surface area contributed by atoms with Crippen molar-refractivity contribution in [3.63, 3.8) is 0 Å². The third-order valence-electron chi connectivity index (χ3n) is 3.72. The molecule has 1 aromatic heterocycles. The lowest BCUT2D eigenvalue weighted by Gasteiger charge is -2.15. The maximum absolute atomic E-state index is 13.3. The Kier molecular flexibility index (Phi) is 5.84. The predicted octanol–water partition coefficient (Wildman–Crippen LogP) is 5.14. The molecule has 0 aliphatic rings. The molecule has 144 valence electrons. The molecule has 0 bridgehead atoms. The van der Waals surface area contributed by atoms with E-state index in [1.807, 2.05) is 38.1 Å². The Labute approximate surface area is 161 Å². The smallest absolute Gasteiger partial charge is 0.256 e. The van der Waals surface area contributed by atoms with Crippen molar-refractivity contribution in [3.05, 3.63) is 78.0 Å². The first-order chi connectivity index (χ1) is 13.4. The molecule has 0 fully saturated rings. The summed E-state index contributed by atoms with van der Waals surface area (Å²) in [5.41, 5.74) is 1.49. The number of carbonyl (C=O) groups excluding carboxylic acids is 1. The SMILES string of the molecule is CC(C)Oc1ccccc1Nc1ccc(NC(=O)c2ccc(F)c(F)c2)nc1. The van der Waals surface area contributed by atoms with Crippen LogP contribution < -0.4 is 15.4 Å². The zero-order chi connectivity index (χ0) is 20.1. The third kappa shape index (κ3) is 4.82. The first-order valence-electron chi connectivity index (χ1n) is 8.67. The molecule has 0 saturated heterocycles. The quantitative estimate of drug-likeness (QED) is 0.618. The van der Waals surface area contributed by atoms with Crippen LogP contribution in [0.15, 0.2) is 60.8 Å². The highest BCUT2D eigenvalue weighted by atomic mass is 19.2. The van der Waals surface area contributed by atoms with Gasteiger partial charge in [0.05, 0.1) is 23.7 Å². The average Bonchev–Trinajstić information content (AvgIpc) is 2.66. The number of para-hydroxylation sites is 2. The summed E-state index contributed by atoms with van der Waals surface area (Å²) in [6, 6.07) is 13.8. The highest BCUT2D eigenvalue weighted by Crippen LogP contribution is 2.28. The molecule has 0 unspecified atom stereocenters. The molecular weight excluding hydrogens is 364 g/mol. The van der Waals surface area contributed by atoms with Crippen LogP contribution in [0, 0.1) is 11.6 Å². The van der Waals surface area contributed by atoms with Crippen LogP contribution in [0.5, 0.6) is 5.75 Å². The molecule has 7 heteroatoms. The van der Waals surface area contributed by atoms with Gasteiger partial charge >= 0.3 is 0 Å². The van der Waals surface area contributed by atoms with E-state index in [9.17, 15) is 13.6 Å². The topological polar surface area (TPSA) is 63.2 Å². The van der Waals surface area contributed by atoms with Crippen LogP contribution in [-0.2, 0) is 0 Å². The summed E-state index contributed by atoms with van der Waals surface area (Å²) in [5, 5.41) is 5.75. The van der Waals surface area contributed by atoms with Gasteiger partial charge in [0.2, 0.25) is 0 Å². The van der Waals surface area contributed by atoms with Crippen molar-refractivity contribution >= 4 is 23.1 Å². The Bertz CT molecular complexity index is 976. The molecule has 1 heterocycles. The minimum absolute atomic E-state index is 0.00247. The van der Waals surface area contributed by atoms with Crippen molar-refractivity contribution in [1.82, 2.24) is 4.98 Å². The second-order valence-electron chi connectivity index (χ2n) is 6.30. The van der Waals surface area contributed by atoms with Crippen molar-refractivity contribution in [2.75, 3.05) is 10.6 Å². The number of ether oxygens (including phenoxy) is 1. The van der Waals surface area contributed by atoms with E-state index in [0.29, 0.717) is 11.4 Å². The molecule has 28 heavy (non-hydrogen) atoms. The number of benzene rings is 2. The van der Waals surface area contributed by atoms with Gasteiger partial charge in [-0.1, -0.05) is 12.1 Å². The Morgan fingerprint density at radius 3 is 2.50 bits per heavy atom. The van der Waals surface area contributed by atoms with E-state index < -0.39 is 17.5 Å². The van der Waals surface area contributed by atoms with Crippen LogP contribution in [0.25, 0.3) is 0 Å². The van der Waals surface area contributed by atoms with E-state index in [1.165, 1.54) is 6.07 Å². The van der Waals surface area contributed by atoms with Crippen molar-refractivity contribution in [2.45, 2.75) is 20.0 Å². The van der Waals surface area contributed by atoms with E-state index in [1.54, 1.807) is 18.3 Å². The van der Waals surface area contributed by atoms with Crippen LogP contribution in [-0.4, -0.2) is 17.0 Å². The summed E-state index contributed by atoms with van der Waals surface area (Å²) in [4.78, 5) is 16.3. The minimum Gasteiger partial charge on any atom is -0.489 e. The Hall–Kier alpha value is -3.48. The summed E-state index contributed by atoms with van der Waals surface area (Å²) >= 11 is 0. The lowest BCUT2D eigenvalue weighted by Crippen LogP contribution is -2.13. The highest BCUT2D eigenvalue weighted by Gasteiger charge is 2.11. The zero-order valence-corrected chi connectivity index (χ0v) is 15.4. The summed E-state index contributed by atoms with van der Waals surface area (Å²) in [6.45, 7) is 3.89. The van der Waals surface area contributed by atoms with Crippen LogP contribution in [0.4, 0.5) is 26.0 Å². The van der Waals surface area contributed by atoms with Gasteiger partial charge in [0, 0.05) is 5.56 Å². The van der Waals surface area contributed by atoms with E-state index in [4.69, 9.17) is 4.74 Å². The summed E-state index contributed by atoms with van der Waals surface area (Å²) in [6.07, 6.45) is 1.59. The van der Waals surface area contributed by atoms with Crippen molar-refractivity contribution in [2.24, 2.45) is 0 Å². The Morgan fingerprint density at radius 2 is 1.82 bits per heavy atom. The number of halogens is 2. The molecule has 0 spiro atoms. The standard InChI is InChI=1S/C21H19F2N3O2/c1-13(2)28-19-6-4-3-5-18(19)25-15-8-10-20(24-12-15)26-21(27)14-7-9-16(22)17(23)11-14/h3-13,25H,1-2H3,(H,24,26,27). The van der Waals surface area contributed by atoms with Crippen molar-refractivity contribution in [1.29, 1.82) is 0 Å². The highest BCUT2D eigenvalue weighted by molar-refractivity contribution is 6.03. The van der Waals surface area contributed by atoms with Crippen LogP contribution >= 0.6 is 0 Å². The Balaban J connectivity index is 1.68. The molecule has 2 aromatic carbocycles. The van der Waals surface area contributed by atoms with Gasteiger partial charge in [0.15, 0.2) is 11.6 Å². The fraction of sp³-hybridized carbons (Fsp3) is 0.143. The first kappa shape index (κ1) is 19.3. The first-order valence-corrected chi connectivity index (χ1v) is 8.67. The number of nitrogens with one attached hydrogen (secondary N) is 2. The number of anilines is 3. The normalized spacial score (nSPS) is 10.6. The number of carbonyl (C=O) groups is 1. The maximum atomic E-state index is 13.3. The van der Waals surface area contributed by atoms with E-state index in [2.05, 4.69) is 15.6 Å². The lowest BCUT2D eigenvalue weighted by atomic mass is 10.2. The van der Waals surface area contributed by atoms with Gasteiger partial charge in [-0.3, -0.25) is 4.79 Å². The number of aromatic nitrogens is 1. The van der Waals surface area contributed by atoms with Crippen LogP contribution in [0.1, 0.15) is 24.2 Å². The fourth-order valence-electron chi connectivity index (χ4n) is 2.45. The molecule has 2 N–H and O–H groups in total. The number of rotatable bonds is 6. The van der Waals surface area contributed by atoms with Crippen LogP contribution in [0.2, 0.25) is 0 Å². The molecule has 3 rings (SSSR count). The molecule has 0 aliphatic carbocycles. The van der Waals surface area contributed by atoms with Gasteiger partial charge in [0.1, 0.15) is 11.6 Å². The van der Waals surface area contributed by atoms with Crippen LogP contribution in [0.3, 0.4) is 0 Å². The van der Waals surface area contributed by atoms with Gasteiger partial charge < -0.3 is 15.4 Å². The average molecular weight is 383 g/mol. The fourth-order valence-corrected chi connectivity index (χ4v) is 2.45. The van der Waals surface area contributed by atoms with E-state index in [-0.39, 0.29) is 17.5 Å².